The Labute approximate surface area is 131 Å². The van der Waals surface area contributed by atoms with Gasteiger partial charge in [0.1, 0.15) is 0 Å². The van der Waals surface area contributed by atoms with Gasteiger partial charge in [-0.05, 0) is 39.2 Å². The van der Waals surface area contributed by atoms with Gasteiger partial charge in [0, 0.05) is 32.0 Å². The molecule has 0 bridgehead atoms. The topological polar surface area (TPSA) is 62.5 Å². The van der Waals surface area contributed by atoms with Gasteiger partial charge < -0.3 is 9.32 Å². The molecule has 122 valence electrons. The number of nitrogens with zero attached hydrogens (tertiary/aromatic N) is 4. The number of carbonyl (C=O) groups is 1. The molecule has 2 fully saturated rings. The zero-order valence-electron chi connectivity index (χ0n) is 13.8. The molecule has 6 nitrogen and oxygen atoms in total. The first-order valence-corrected chi connectivity index (χ1v) is 8.47. The second-order valence-corrected chi connectivity index (χ2v) is 6.43. The Balaban J connectivity index is 1.76. The van der Waals surface area contributed by atoms with E-state index in [4.69, 9.17) is 4.42 Å². The fourth-order valence-electron chi connectivity index (χ4n) is 4.04. The Morgan fingerprint density at radius 2 is 2.00 bits per heavy atom. The Morgan fingerprint density at radius 3 is 2.68 bits per heavy atom. The van der Waals surface area contributed by atoms with Crippen molar-refractivity contribution in [3.63, 3.8) is 0 Å². The van der Waals surface area contributed by atoms with Gasteiger partial charge in [0.05, 0.1) is 6.04 Å². The first-order chi connectivity index (χ1) is 10.6. The highest BCUT2D eigenvalue weighted by atomic mass is 16.4. The third kappa shape index (κ3) is 2.76. The zero-order valence-corrected chi connectivity index (χ0v) is 13.8. The minimum absolute atomic E-state index is 0.118. The normalized spacial score (nSPS) is 27.5. The molecule has 0 aliphatic carbocycles. The molecule has 0 radical (unpaired) electrons. The van der Waals surface area contributed by atoms with Crippen LogP contribution in [0, 0.1) is 6.92 Å². The summed E-state index contributed by atoms with van der Waals surface area (Å²) >= 11 is 0. The molecule has 3 heterocycles. The van der Waals surface area contributed by atoms with Gasteiger partial charge in [0.15, 0.2) is 0 Å². The second kappa shape index (κ2) is 6.36. The number of likely N-dealkylation sites (tertiary alicyclic amines) is 2. The van der Waals surface area contributed by atoms with Gasteiger partial charge in [-0.15, -0.1) is 10.2 Å². The predicted molar refractivity (Wildman–Crippen MR) is 82.2 cm³/mol. The number of amides is 1. The Bertz CT molecular complexity index is 530. The third-order valence-corrected chi connectivity index (χ3v) is 5.10. The molecule has 3 rings (SSSR count). The van der Waals surface area contributed by atoms with E-state index in [2.05, 4.69) is 26.9 Å². The van der Waals surface area contributed by atoms with E-state index in [1.807, 2.05) is 13.8 Å². The van der Waals surface area contributed by atoms with E-state index >= 15 is 0 Å². The van der Waals surface area contributed by atoms with Crippen LogP contribution in [-0.4, -0.2) is 51.1 Å². The number of aromatic nitrogens is 2. The van der Waals surface area contributed by atoms with Crippen LogP contribution in [0.3, 0.4) is 0 Å². The summed E-state index contributed by atoms with van der Waals surface area (Å²) in [6.07, 6.45) is 5.15. The van der Waals surface area contributed by atoms with Gasteiger partial charge in [-0.1, -0.05) is 6.92 Å². The summed E-state index contributed by atoms with van der Waals surface area (Å²) in [5.74, 6) is 1.59. The highest BCUT2D eigenvalue weighted by Crippen LogP contribution is 2.35. The van der Waals surface area contributed by atoms with Gasteiger partial charge in [0.25, 0.3) is 0 Å². The molecule has 2 aliphatic heterocycles. The van der Waals surface area contributed by atoms with Crippen LogP contribution in [0.1, 0.15) is 63.8 Å². The number of hydrogen-bond acceptors (Lipinski definition) is 5. The smallest absolute Gasteiger partial charge is 0.233 e. The van der Waals surface area contributed by atoms with Crippen LogP contribution in [0.15, 0.2) is 4.42 Å². The van der Waals surface area contributed by atoms with Gasteiger partial charge in [0.2, 0.25) is 17.7 Å². The second-order valence-electron chi connectivity index (χ2n) is 6.43. The highest BCUT2D eigenvalue weighted by molar-refractivity contribution is 5.76. The van der Waals surface area contributed by atoms with Crippen LogP contribution in [0.5, 0.6) is 0 Å². The van der Waals surface area contributed by atoms with E-state index in [0.717, 1.165) is 32.4 Å². The molecule has 2 saturated heterocycles. The maximum absolute atomic E-state index is 12.2. The molecule has 0 spiro atoms. The van der Waals surface area contributed by atoms with E-state index < -0.39 is 0 Å². The van der Waals surface area contributed by atoms with E-state index in [1.54, 1.807) is 0 Å². The van der Waals surface area contributed by atoms with Crippen molar-refractivity contribution >= 4 is 5.91 Å². The van der Waals surface area contributed by atoms with Crippen LogP contribution in [-0.2, 0) is 4.79 Å². The van der Waals surface area contributed by atoms with Crippen molar-refractivity contribution in [2.75, 3.05) is 13.1 Å². The van der Waals surface area contributed by atoms with Crippen molar-refractivity contribution in [3.05, 3.63) is 11.8 Å². The summed E-state index contributed by atoms with van der Waals surface area (Å²) in [5, 5.41) is 8.13. The fraction of sp³-hybridized carbons (Fsp3) is 0.812. The lowest BCUT2D eigenvalue weighted by Crippen LogP contribution is -2.48. The summed E-state index contributed by atoms with van der Waals surface area (Å²) in [6, 6.07) is 0.884. The van der Waals surface area contributed by atoms with Crippen molar-refractivity contribution in [3.8, 4) is 0 Å². The van der Waals surface area contributed by atoms with Crippen LogP contribution in [0.25, 0.3) is 0 Å². The monoisotopic (exact) mass is 306 g/mol. The van der Waals surface area contributed by atoms with Crippen molar-refractivity contribution in [2.45, 2.75) is 71.0 Å². The van der Waals surface area contributed by atoms with Gasteiger partial charge >= 0.3 is 0 Å². The van der Waals surface area contributed by atoms with Crippen LogP contribution < -0.4 is 0 Å². The van der Waals surface area contributed by atoms with E-state index in [-0.39, 0.29) is 11.9 Å². The SMILES string of the molecule is CCC(=O)N1CCC[C@@H]1[C@H]1CCCN1[C@H](C)c1nnc(C)o1. The molecule has 1 aromatic heterocycles. The van der Waals surface area contributed by atoms with Crippen molar-refractivity contribution in [1.29, 1.82) is 0 Å². The molecule has 1 amide bonds. The molecule has 0 unspecified atom stereocenters. The molecule has 0 saturated carbocycles. The summed E-state index contributed by atoms with van der Waals surface area (Å²) < 4.78 is 5.62. The first-order valence-electron chi connectivity index (χ1n) is 8.47. The maximum Gasteiger partial charge on any atom is 0.233 e. The van der Waals surface area contributed by atoms with Crippen LogP contribution in [0.4, 0.5) is 0 Å². The van der Waals surface area contributed by atoms with Crippen molar-refractivity contribution in [1.82, 2.24) is 20.0 Å². The molecule has 1 aromatic rings. The van der Waals surface area contributed by atoms with E-state index in [9.17, 15) is 4.79 Å². The summed E-state index contributed by atoms with van der Waals surface area (Å²) in [4.78, 5) is 16.8. The average Bonchev–Trinajstić information content (AvgIpc) is 3.24. The van der Waals surface area contributed by atoms with E-state index in [0.29, 0.717) is 30.3 Å². The summed E-state index contributed by atoms with van der Waals surface area (Å²) in [7, 11) is 0. The molecule has 3 atom stereocenters. The summed E-state index contributed by atoms with van der Waals surface area (Å²) in [5.41, 5.74) is 0. The molecule has 6 heteroatoms. The molecular formula is C16H26N4O2. The van der Waals surface area contributed by atoms with Gasteiger partial charge in [-0.2, -0.15) is 0 Å². The average molecular weight is 306 g/mol. The summed E-state index contributed by atoms with van der Waals surface area (Å²) in [6.45, 7) is 7.86. The Hall–Kier alpha value is -1.43. The molecule has 22 heavy (non-hydrogen) atoms. The van der Waals surface area contributed by atoms with Crippen molar-refractivity contribution < 1.29 is 9.21 Å². The standard InChI is InChI=1S/C16H26N4O2/c1-4-15(21)20-10-6-8-14(20)13-7-5-9-19(13)11(2)16-18-17-12(3)22-16/h11,13-14H,4-10H2,1-3H3/t11-,13-,14-/m1/s1. The number of rotatable bonds is 4. The lowest BCUT2D eigenvalue weighted by molar-refractivity contribution is -0.132. The number of hydrogen-bond donors (Lipinski definition) is 0. The fourth-order valence-corrected chi connectivity index (χ4v) is 4.04. The van der Waals surface area contributed by atoms with Crippen LogP contribution >= 0.6 is 0 Å². The minimum Gasteiger partial charge on any atom is -0.424 e. The maximum atomic E-state index is 12.2. The lowest BCUT2D eigenvalue weighted by Gasteiger charge is -2.37. The first kappa shape index (κ1) is 15.5. The Morgan fingerprint density at radius 1 is 1.27 bits per heavy atom. The third-order valence-electron chi connectivity index (χ3n) is 5.10. The highest BCUT2D eigenvalue weighted by Gasteiger charge is 2.41. The Kier molecular flexibility index (Phi) is 4.47. The van der Waals surface area contributed by atoms with E-state index in [1.165, 1.54) is 6.42 Å². The minimum atomic E-state index is 0.118. The van der Waals surface area contributed by atoms with Gasteiger partial charge in [-0.25, -0.2) is 0 Å². The van der Waals surface area contributed by atoms with Gasteiger partial charge in [-0.3, -0.25) is 9.69 Å². The molecule has 2 aliphatic rings. The van der Waals surface area contributed by atoms with Crippen LogP contribution in [0.2, 0.25) is 0 Å². The largest absolute Gasteiger partial charge is 0.424 e. The molecular weight excluding hydrogens is 280 g/mol. The predicted octanol–water partition coefficient (Wildman–Crippen LogP) is 2.30. The quantitative estimate of drug-likeness (QED) is 0.854. The molecule has 0 aromatic carbocycles. The lowest BCUT2D eigenvalue weighted by atomic mass is 10.0. The molecule has 0 N–H and O–H groups in total. The zero-order chi connectivity index (χ0) is 15.7. The number of carbonyl (C=O) groups excluding carboxylic acids is 1. The van der Waals surface area contributed by atoms with Crippen molar-refractivity contribution in [2.24, 2.45) is 0 Å². The number of aryl methyl sites for hydroxylation is 1.